The van der Waals surface area contributed by atoms with E-state index in [2.05, 4.69) is 25.7 Å². The second-order valence-corrected chi connectivity index (χ2v) is 7.51. The lowest BCUT2D eigenvalue weighted by molar-refractivity contribution is -0.135. The van der Waals surface area contributed by atoms with E-state index < -0.39 is 0 Å². The highest BCUT2D eigenvalue weighted by Crippen LogP contribution is 2.47. The summed E-state index contributed by atoms with van der Waals surface area (Å²) in [5, 5.41) is 0. The van der Waals surface area contributed by atoms with Gasteiger partial charge in [-0.2, -0.15) is 0 Å². The van der Waals surface area contributed by atoms with Gasteiger partial charge in [-0.25, -0.2) is 0 Å². The van der Waals surface area contributed by atoms with Crippen LogP contribution in [0.3, 0.4) is 0 Å². The number of hydrogen-bond donors (Lipinski definition) is 0. The molecule has 0 N–H and O–H groups in total. The monoisotopic (exact) mass is 279 g/mol. The van der Waals surface area contributed by atoms with E-state index in [4.69, 9.17) is 4.74 Å². The quantitative estimate of drug-likeness (QED) is 0.790. The van der Waals surface area contributed by atoms with Gasteiger partial charge in [-0.15, -0.1) is 0 Å². The lowest BCUT2D eigenvalue weighted by atomic mass is 9.76. The topological polar surface area (TPSA) is 29.5 Å². The summed E-state index contributed by atoms with van der Waals surface area (Å²) in [6.45, 7) is 8.48. The van der Waals surface area contributed by atoms with Crippen LogP contribution in [-0.2, 0) is 9.53 Å². The van der Waals surface area contributed by atoms with Gasteiger partial charge in [0.25, 0.3) is 0 Å². The molecule has 1 saturated heterocycles. The van der Waals surface area contributed by atoms with Crippen LogP contribution in [0, 0.1) is 17.3 Å². The molecule has 4 atom stereocenters. The first-order valence-electron chi connectivity index (χ1n) is 8.45. The Hall–Kier alpha value is -0.570. The van der Waals surface area contributed by atoms with Crippen molar-refractivity contribution in [2.75, 3.05) is 13.2 Å². The molecule has 1 heterocycles. The average Bonchev–Trinajstić information content (AvgIpc) is 3.19. The third kappa shape index (κ3) is 2.61. The van der Waals surface area contributed by atoms with Gasteiger partial charge in [0.15, 0.2) is 0 Å². The maximum absolute atomic E-state index is 12.5. The van der Waals surface area contributed by atoms with Crippen molar-refractivity contribution in [3.05, 3.63) is 0 Å². The molecule has 1 aliphatic heterocycles. The number of ether oxygens (including phenoxy) is 1. The Kier molecular flexibility index (Phi) is 3.83. The van der Waals surface area contributed by atoms with E-state index >= 15 is 0 Å². The first-order chi connectivity index (χ1) is 9.53. The molecule has 0 aromatic rings. The summed E-state index contributed by atoms with van der Waals surface area (Å²) in [5.41, 5.74) is 0.234. The minimum absolute atomic E-state index is 0.234. The maximum Gasteiger partial charge on any atom is 0.225 e. The predicted molar refractivity (Wildman–Crippen MR) is 79.4 cm³/mol. The number of carbonyl (C=O) groups excluding carboxylic acids is 1. The SMILES string of the molecule is CCOC(C)C1(C)CCC2CC(C1)N(C(=O)C1CC1)C2. The highest BCUT2D eigenvalue weighted by molar-refractivity contribution is 5.81. The van der Waals surface area contributed by atoms with Crippen LogP contribution in [0.5, 0.6) is 0 Å². The van der Waals surface area contributed by atoms with Crippen molar-refractivity contribution in [1.82, 2.24) is 4.90 Å². The summed E-state index contributed by atoms with van der Waals surface area (Å²) in [4.78, 5) is 14.7. The normalized spacial score (nSPS) is 38.6. The standard InChI is InChI=1S/C17H29NO2/c1-4-20-12(2)17(3)8-7-13-9-15(10-17)18(11-13)16(19)14-5-6-14/h12-15H,4-11H2,1-3H3. The van der Waals surface area contributed by atoms with Crippen molar-refractivity contribution < 1.29 is 9.53 Å². The lowest BCUT2D eigenvalue weighted by Gasteiger charge is -2.40. The Morgan fingerprint density at radius 2 is 2.15 bits per heavy atom. The summed E-state index contributed by atoms with van der Waals surface area (Å²) in [6.07, 6.45) is 7.42. The predicted octanol–water partition coefficient (Wildman–Crippen LogP) is 3.23. The van der Waals surface area contributed by atoms with Gasteiger partial charge in [-0.3, -0.25) is 4.79 Å². The van der Waals surface area contributed by atoms with Gasteiger partial charge in [0.2, 0.25) is 5.91 Å². The maximum atomic E-state index is 12.5. The summed E-state index contributed by atoms with van der Waals surface area (Å²) in [6, 6.07) is 0.475. The second-order valence-electron chi connectivity index (χ2n) is 7.51. The zero-order valence-corrected chi connectivity index (χ0v) is 13.2. The second kappa shape index (κ2) is 5.32. The number of rotatable bonds is 4. The van der Waals surface area contributed by atoms with Crippen LogP contribution >= 0.6 is 0 Å². The number of nitrogens with zero attached hydrogens (tertiary/aromatic N) is 1. The lowest BCUT2D eigenvalue weighted by Crippen LogP contribution is -2.43. The minimum Gasteiger partial charge on any atom is -0.378 e. The van der Waals surface area contributed by atoms with Gasteiger partial charge in [-0.1, -0.05) is 6.92 Å². The summed E-state index contributed by atoms with van der Waals surface area (Å²) < 4.78 is 5.90. The number of hydrogen-bond acceptors (Lipinski definition) is 2. The van der Waals surface area contributed by atoms with Gasteiger partial charge in [0.1, 0.15) is 0 Å². The number of fused-ring (bicyclic) bond motifs is 2. The van der Waals surface area contributed by atoms with Crippen LogP contribution in [0.4, 0.5) is 0 Å². The molecule has 2 saturated carbocycles. The van der Waals surface area contributed by atoms with Crippen LogP contribution in [0.25, 0.3) is 0 Å². The van der Waals surface area contributed by atoms with Crippen molar-refractivity contribution >= 4 is 5.91 Å². The Morgan fingerprint density at radius 3 is 2.80 bits per heavy atom. The molecule has 0 radical (unpaired) electrons. The molecule has 3 rings (SSSR count). The Bertz CT molecular complexity index is 379. The Labute approximate surface area is 123 Å². The zero-order valence-electron chi connectivity index (χ0n) is 13.2. The van der Waals surface area contributed by atoms with Crippen molar-refractivity contribution in [2.45, 2.75) is 71.4 Å². The molecule has 1 amide bonds. The molecule has 0 aromatic carbocycles. The number of likely N-dealkylation sites (tertiary alicyclic amines) is 1. The van der Waals surface area contributed by atoms with Crippen LogP contribution in [0.2, 0.25) is 0 Å². The summed E-state index contributed by atoms with van der Waals surface area (Å²) in [7, 11) is 0. The van der Waals surface area contributed by atoms with Crippen molar-refractivity contribution in [2.24, 2.45) is 17.3 Å². The molecular formula is C17H29NO2. The van der Waals surface area contributed by atoms with E-state index in [0.717, 1.165) is 38.3 Å². The molecule has 20 heavy (non-hydrogen) atoms. The Morgan fingerprint density at radius 1 is 1.40 bits per heavy atom. The number of carbonyl (C=O) groups is 1. The fourth-order valence-electron chi connectivity index (χ4n) is 4.25. The van der Waals surface area contributed by atoms with Gasteiger partial charge >= 0.3 is 0 Å². The highest BCUT2D eigenvalue weighted by atomic mass is 16.5. The van der Waals surface area contributed by atoms with Gasteiger partial charge in [0, 0.05) is 25.1 Å². The molecule has 114 valence electrons. The molecule has 0 spiro atoms. The van der Waals surface area contributed by atoms with E-state index in [9.17, 15) is 4.79 Å². The molecule has 0 aromatic heterocycles. The fraction of sp³-hybridized carbons (Fsp3) is 0.941. The van der Waals surface area contributed by atoms with Gasteiger partial charge in [-0.05, 0) is 63.7 Å². The summed E-state index contributed by atoms with van der Waals surface area (Å²) >= 11 is 0. The first kappa shape index (κ1) is 14.4. The van der Waals surface area contributed by atoms with E-state index in [-0.39, 0.29) is 5.41 Å². The fourth-order valence-corrected chi connectivity index (χ4v) is 4.25. The van der Waals surface area contributed by atoms with Crippen LogP contribution in [0.15, 0.2) is 0 Å². The average molecular weight is 279 g/mol. The van der Waals surface area contributed by atoms with E-state index in [1.165, 1.54) is 19.3 Å². The third-order valence-electron chi connectivity index (χ3n) is 5.93. The smallest absolute Gasteiger partial charge is 0.225 e. The van der Waals surface area contributed by atoms with E-state index in [0.29, 0.717) is 24.0 Å². The van der Waals surface area contributed by atoms with Crippen molar-refractivity contribution in [1.29, 1.82) is 0 Å². The Balaban J connectivity index is 1.72. The van der Waals surface area contributed by atoms with Crippen molar-refractivity contribution in [3.8, 4) is 0 Å². The van der Waals surface area contributed by atoms with Crippen LogP contribution in [0.1, 0.15) is 59.3 Å². The van der Waals surface area contributed by atoms with Crippen LogP contribution in [-0.4, -0.2) is 36.1 Å². The zero-order chi connectivity index (χ0) is 14.3. The molecule has 3 fully saturated rings. The third-order valence-corrected chi connectivity index (χ3v) is 5.93. The van der Waals surface area contributed by atoms with Crippen LogP contribution < -0.4 is 0 Å². The van der Waals surface area contributed by atoms with Crippen molar-refractivity contribution in [3.63, 3.8) is 0 Å². The molecule has 2 bridgehead atoms. The number of amides is 1. The highest BCUT2D eigenvalue weighted by Gasteiger charge is 2.47. The molecule has 3 nitrogen and oxygen atoms in total. The van der Waals surface area contributed by atoms with Gasteiger partial charge in [0.05, 0.1) is 6.10 Å². The molecule has 3 aliphatic rings. The largest absolute Gasteiger partial charge is 0.378 e. The van der Waals surface area contributed by atoms with E-state index in [1.807, 2.05) is 0 Å². The molecule has 4 unspecified atom stereocenters. The molecular weight excluding hydrogens is 250 g/mol. The van der Waals surface area contributed by atoms with E-state index in [1.54, 1.807) is 0 Å². The van der Waals surface area contributed by atoms with Gasteiger partial charge < -0.3 is 9.64 Å². The minimum atomic E-state index is 0.234. The first-order valence-corrected chi connectivity index (χ1v) is 8.45. The molecule has 3 heteroatoms. The molecule has 2 aliphatic carbocycles. The summed E-state index contributed by atoms with van der Waals surface area (Å²) in [5.74, 6) is 1.55.